The van der Waals surface area contributed by atoms with Crippen molar-refractivity contribution in [3.05, 3.63) is 53.7 Å². The second kappa shape index (κ2) is 7.27. The molecular weight excluding hydrogens is 276 g/mol. The van der Waals surface area contributed by atoms with E-state index >= 15 is 0 Å². The molecule has 22 heavy (non-hydrogen) atoms. The van der Waals surface area contributed by atoms with Crippen molar-refractivity contribution in [3.8, 4) is 0 Å². The third kappa shape index (κ3) is 3.77. The van der Waals surface area contributed by atoms with Crippen LogP contribution in [0.15, 0.2) is 48.2 Å². The Labute approximate surface area is 131 Å². The van der Waals surface area contributed by atoms with Crippen LogP contribution in [0.3, 0.4) is 0 Å². The lowest BCUT2D eigenvalue weighted by molar-refractivity contribution is 0.0817. The molecule has 0 aromatic heterocycles. The summed E-state index contributed by atoms with van der Waals surface area (Å²) in [5, 5.41) is 6.19. The lowest BCUT2D eigenvalue weighted by Gasteiger charge is -2.24. The van der Waals surface area contributed by atoms with Crippen LogP contribution in [0.4, 0.5) is 4.79 Å². The van der Waals surface area contributed by atoms with Crippen molar-refractivity contribution in [1.29, 1.82) is 0 Å². The van der Waals surface area contributed by atoms with Crippen LogP contribution in [0.25, 0.3) is 5.57 Å². The molecule has 1 saturated heterocycles. The van der Waals surface area contributed by atoms with Crippen LogP contribution < -0.4 is 10.6 Å². The fourth-order valence-corrected chi connectivity index (χ4v) is 2.92. The summed E-state index contributed by atoms with van der Waals surface area (Å²) < 4.78 is 5.52. The number of ether oxygens (including phenoxy) is 1. The molecule has 1 amide bonds. The fraction of sp³-hybridized carbons (Fsp3) is 0.389. The van der Waals surface area contributed by atoms with Crippen molar-refractivity contribution in [2.75, 3.05) is 13.1 Å². The second-order valence-corrected chi connectivity index (χ2v) is 5.68. The van der Waals surface area contributed by atoms with Crippen molar-refractivity contribution >= 4 is 11.7 Å². The molecule has 4 heteroatoms. The van der Waals surface area contributed by atoms with Crippen molar-refractivity contribution in [3.63, 3.8) is 0 Å². The highest BCUT2D eigenvalue weighted by Gasteiger charge is 2.19. The van der Waals surface area contributed by atoms with E-state index in [1.165, 1.54) is 5.57 Å². The van der Waals surface area contributed by atoms with Crippen LogP contribution >= 0.6 is 0 Å². The van der Waals surface area contributed by atoms with Crippen LogP contribution in [0, 0.1) is 0 Å². The van der Waals surface area contributed by atoms with Crippen molar-refractivity contribution in [2.45, 2.75) is 31.8 Å². The van der Waals surface area contributed by atoms with E-state index in [1.807, 2.05) is 24.3 Å². The number of carbonyl (C=O) groups excluding carboxylic acids is 1. The summed E-state index contributed by atoms with van der Waals surface area (Å²) in [6.45, 7) is 1.83. The number of hydrogen-bond acceptors (Lipinski definition) is 3. The Kier molecular flexibility index (Phi) is 4.91. The van der Waals surface area contributed by atoms with Gasteiger partial charge in [0.2, 0.25) is 0 Å². The molecule has 3 rings (SSSR count). The third-order valence-electron chi connectivity index (χ3n) is 4.09. The molecule has 2 aliphatic rings. The number of hydrogen-bond donors (Lipinski definition) is 2. The van der Waals surface area contributed by atoms with E-state index in [0.717, 1.165) is 50.0 Å². The van der Waals surface area contributed by atoms with Crippen molar-refractivity contribution in [2.24, 2.45) is 0 Å². The largest absolute Gasteiger partial charge is 0.446 e. The standard InChI is InChI=1S/C18H22N2O2/c21-18(22-15-10-12-19-13-11-15)20-17-9-5-4-8-16(17)14-6-2-1-3-7-14/h1-3,5-7,9,15,19H,4,8,10-13H2,(H,20,21). The average molecular weight is 298 g/mol. The normalized spacial score (nSPS) is 19.1. The van der Waals surface area contributed by atoms with Crippen LogP contribution in [-0.2, 0) is 4.74 Å². The van der Waals surface area contributed by atoms with E-state index in [1.54, 1.807) is 0 Å². The second-order valence-electron chi connectivity index (χ2n) is 5.68. The number of rotatable bonds is 3. The van der Waals surface area contributed by atoms with Gasteiger partial charge in [0.25, 0.3) is 0 Å². The average Bonchev–Trinajstić information content (AvgIpc) is 2.57. The van der Waals surface area contributed by atoms with Crippen LogP contribution in [0.2, 0.25) is 0 Å². The van der Waals surface area contributed by atoms with E-state index < -0.39 is 0 Å². The predicted octanol–water partition coefficient (Wildman–Crippen LogP) is 3.23. The van der Waals surface area contributed by atoms with Gasteiger partial charge in [0.15, 0.2) is 0 Å². The maximum atomic E-state index is 12.1. The number of nitrogens with one attached hydrogen (secondary N) is 2. The minimum atomic E-state index is -0.345. The zero-order chi connectivity index (χ0) is 15.2. The van der Waals surface area contributed by atoms with E-state index in [2.05, 4.69) is 28.8 Å². The van der Waals surface area contributed by atoms with Gasteiger partial charge >= 0.3 is 6.09 Å². The first-order chi connectivity index (χ1) is 10.8. The van der Waals surface area contributed by atoms with Gasteiger partial charge in [-0.3, -0.25) is 5.32 Å². The molecule has 1 fully saturated rings. The van der Waals surface area contributed by atoms with Gasteiger partial charge in [-0.05, 0) is 56.0 Å². The number of amides is 1. The lowest BCUT2D eigenvalue weighted by Crippen LogP contribution is -2.36. The van der Waals surface area contributed by atoms with E-state index in [4.69, 9.17) is 4.74 Å². The third-order valence-corrected chi connectivity index (χ3v) is 4.09. The molecule has 0 radical (unpaired) electrons. The highest BCUT2D eigenvalue weighted by Crippen LogP contribution is 2.27. The highest BCUT2D eigenvalue weighted by molar-refractivity contribution is 5.79. The van der Waals surface area contributed by atoms with Gasteiger partial charge in [-0.25, -0.2) is 4.79 Å². The molecule has 1 aliphatic heterocycles. The Balaban J connectivity index is 1.69. The summed E-state index contributed by atoms with van der Waals surface area (Å²) in [7, 11) is 0. The number of alkyl carbamates (subject to hydrolysis) is 1. The molecule has 2 N–H and O–H groups in total. The summed E-state index contributed by atoms with van der Waals surface area (Å²) >= 11 is 0. The van der Waals surface area contributed by atoms with Gasteiger partial charge in [0.05, 0.1) is 0 Å². The van der Waals surface area contributed by atoms with E-state index in [-0.39, 0.29) is 12.2 Å². The molecule has 0 saturated carbocycles. The predicted molar refractivity (Wildman–Crippen MR) is 87.2 cm³/mol. The summed E-state index contributed by atoms with van der Waals surface area (Å²) in [5.41, 5.74) is 3.19. The zero-order valence-electron chi connectivity index (χ0n) is 12.7. The number of allylic oxidation sites excluding steroid dienone is 3. The van der Waals surface area contributed by atoms with Crippen molar-refractivity contribution < 1.29 is 9.53 Å². The minimum Gasteiger partial charge on any atom is -0.446 e. The first-order valence-corrected chi connectivity index (χ1v) is 7.96. The number of benzene rings is 1. The SMILES string of the molecule is O=C(NC1=C(c2ccccc2)CCC=C1)OC1CCNCC1. The molecule has 0 bridgehead atoms. The molecule has 1 aromatic carbocycles. The summed E-state index contributed by atoms with van der Waals surface area (Å²) in [6.07, 6.45) is 7.45. The zero-order valence-corrected chi connectivity index (χ0v) is 12.7. The van der Waals surface area contributed by atoms with Gasteiger partial charge in [-0.1, -0.05) is 36.4 Å². The maximum Gasteiger partial charge on any atom is 0.411 e. The van der Waals surface area contributed by atoms with Gasteiger partial charge < -0.3 is 10.1 Å². The van der Waals surface area contributed by atoms with Crippen LogP contribution in [-0.4, -0.2) is 25.3 Å². The Morgan fingerprint density at radius 2 is 1.95 bits per heavy atom. The molecular formula is C18H22N2O2. The quantitative estimate of drug-likeness (QED) is 0.901. The summed E-state index contributed by atoms with van der Waals surface area (Å²) in [6, 6.07) is 10.2. The number of piperidine rings is 1. The lowest BCUT2D eigenvalue weighted by atomic mass is 9.95. The summed E-state index contributed by atoms with van der Waals surface area (Å²) in [4.78, 5) is 12.1. The van der Waals surface area contributed by atoms with Crippen molar-refractivity contribution in [1.82, 2.24) is 10.6 Å². The van der Waals surface area contributed by atoms with E-state index in [0.29, 0.717) is 0 Å². The topological polar surface area (TPSA) is 50.4 Å². The molecule has 0 unspecified atom stereocenters. The first kappa shape index (κ1) is 14.9. The highest BCUT2D eigenvalue weighted by atomic mass is 16.6. The Hall–Kier alpha value is -2.07. The molecule has 1 aromatic rings. The Morgan fingerprint density at radius 1 is 1.18 bits per heavy atom. The van der Waals surface area contributed by atoms with E-state index in [9.17, 15) is 4.79 Å². The molecule has 116 valence electrons. The maximum absolute atomic E-state index is 12.1. The Morgan fingerprint density at radius 3 is 2.73 bits per heavy atom. The minimum absolute atomic E-state index is 0.0228. The molecule has 1 heterocycles. The molecule has 0 spiro atoms. The molecule has 1 aliphatic carbocycles. The smallest absolute Gasteiger partial charge is 0.411 e. The van der Waals surface area contributed by atoms with Crippen LogP contribution in [0.5, 0.6) is 0 Å². The number of carbonyl (C=O) groups is 1. The Bertz CT molecular complexity index is 572. The fourth-order valence-electron chi connectivity index (χ4n) is 2.92. The monoisotopic (exact) mass is 298 g/mol. The van der Waals surface area contributed by atoms with Gasteiger partial charge in [-0.15, -0.1) is 0 Å². The van der Waals surface area contributed by atoms with Gasteiger partial charge in [-0.2, -0.15) is 0 Å². The molecule has 4 nitrogen and oxygen atoms in total. The van der Waals surface area contributed by atoms with Gasteiger partial charge in [0, 0.05) is 5.70 Å². The van der Waals surface area contributed by atoms with Gasteiger partial charge in [0.1, 0.15) is 6.10 Å². The first-order valence-electron chi connectivity index (χ1n) is 7.96. The summed E-state index contributed by atoms with van der Waals surface area (Å²) in [5.74, 6) is 0. The molecule has 0 atom stereocenters. The van der Waals surface area contributed by atoms with Crippen LogP contribution in [0.1, 0.15) is 31.2 Å².